The van der Waals surface area contributed by atoms with Crippen molar-refractivity contribution in [2.45, 2.75) is 39.3 Å². The lowest BCUT2D eigenvalue weighted by Crippen LogP contribution is -2.34. The highest BCUT2D eigenvalue weighted by Crippen LogP contribution is 2.31. The van der Waals surface area contributed by atoms with Crippen molar-refractivity contribution in [1.82, 2.24) is 0 Å². The van der Waals surface area contributed by atoms with Crippen molar-refractivity contribution in [1.29, 1.82) is 0 Å². The van der Waals surface area contributed by atoms with Crippen LogP contribution >= 0.6 is 0 Å². The molecule has 0 fully saturated rings. The molecule has 1 N–H and O–H groups in total. The molecular weight excluding hydrogens is 388 g/mol. The molecule has 0 atom stereocenters. The lowest BCUT2D eigenvalue weighted by atomic mass is 9.99. The number of hydrogen-bond donors (Lipinski definition) is 1. The minimum absolute atomic E-state index is 0.0866. The number of fused-ring (bicyclic) bond motifs is 1. The van der Waals surface area contributed by atoms with Crippen LogP contribution in [0.1, 0.15) is 41.8 Å². The fourth-order valence-corrected chi connectivity index (χ4v) is 3.74. The summed E-state index contributed by atoms with van der Waals surface area (Å²) < 4.78 is 5.63. The maximum atomic E-state index is 12.7. The minimum atomic E-state index is -0.177. The summed E-state index contributed by atoms with van der Waals surface area (Å²) in [5.74, 6) is 0.685. The third kappa shape index (κ3) is 4.94. The lowest BCUT2D eigenvalue weighted by Gasteiger charge is -2.30. The summed E-state index contributed by atoms with van der Waals surface area (Å²) >= 11 is 0. The third-order valence-electron chi connectivity index (χ3n) is 5.21. The Kier molecular flexibility index (Phi) is 6.03. The summed E-state index contributed by atoms with van der Waals surface area (Å²) in [5.41, 5.74) is 4.35. The van der Waals surface area contributed by atoms with Gasteiger partial charge in [0.05, 0.1) is 12.6 Å². The van der Waals surface area contributed by atoms with Gasteiger partial charge in [-0.3, -0.25) is 9.59 Å². The second-order valence-corrected chi connectivity index (χ2v) is 7.95. The van der Waals surface area contributed by atoms with Crippen molar-refractivity contribution in [3.05, 3.63) is 89.5 Å². The monoisotopic (exact) mass is 414 g/mol. The fraction of sp³-hybridized carbons (Fsp3) is 0.231. The van der Waals surface area contributed by atoms with E-state index in [1.54, 1.807) is 24.3 Å². The maximum Gasteiger partial charge on any atom is 0.255 e. The Hall–Kier alpha value is -3.60. The molecule has 3 aromatic rings. The van der Waals surface area contributed by atoms with Crippen molar-refractivity contribution in [2.24, 2.45) is 0 Å². The number of benzene rings is 3. The molecule has 1 aliphatic rings. The number of carbonyl (C=O) groups excluding carboxylic acids is 2. The molecule has 0 spiro atoms. The second-order valence-electron chi connectivity index (χ2n) is 7.95. The van der Waals surface area contributed by atoms with Gasteiger partial charge in [0, 0.05) is 23.4 Å². The van der Waals surface area contributed by atoms with Crippen molar-refractivity contribution >= 4 is 23.2 Å². The zero-order chi connectivity index (χ0) is 21.8. The van der Waals surface area contributed by atoms with Crippen LogP contribution in [0.4, 0.5) is 11.4 Å². The summed E-state index contributed by atoms with van der Waals surface area (Å²) in [5, 5.41) is 2.96. The molecule has 0 bridgehead atoms. The summed E-state index contributed by atoms with van der Waals surface area (Å²) in [6, 6.07) is 22.8. The quantitative estimate of drug-likeness (QED) is 0.603. The van der Waals surface area contributed by atoms with Gasteiger partial charge in [-0.2, -0.15) is 0 Å². The average molecular weight is 415 g/mol. The first-order chi connectivity index (χ1) is 15.0. The first-order valence-electron chi connectivity index (χ1n) is 10.5. The highest BCUT2D eigenvalue weighted by Gasteiger charge is 2.24. The third-order valence-corrected chi connectivity index (χ3v) is 5.21. The van der Waals surface area contributed by atoms with Crippen LogP contribution in [-0.2, 0) is 17.8 Å². The Balaban J connectivity index is 1.49. The molecule has 158 valence electrons. The zero-order valence-electron chi connectivity index (χ0n) is 17.8. The molecule has 0 unspecified atom stereocenters. The number of carbonyl (C=O) groups is 2. The largest absolute Gasteiger partial charge is 0.491 e. The molecule has 2 amide bonds. The number of nitrogens with zero attached hydrogens (tertiary/aromatic N) is 1. The van der Waals surface area contributed by atoms with Crippen molar-refractivity contribution < 1.29 is 14.3 Å². The van der Waals surface area contributed by atoms with Gasteiger partial charge in [0.15, 0.2) is 0 Å². The number of amides is 2. The second kappa shape index (κ2) is 9.04. The predicted octanol–water partition coefficient (Wildman–Crippen LogP) is 5.21. The molecule has 5 nitrogen and oxygen atoms in total. The molecule has 5 heteroatoms. The number of anilines is 2. The topological polar surface area (TPSA) is 58.6 Å². The Morgan fingerprint density at radius 3 is 2.45 bits per heavy atom. The molecule has 0 aliphatic carbocycles. The normalized spacial score (nSPS) is 13.1. The molecule has 1 heterocycles. The number of rotatable bonds is 6. The van der Waals surface area contributed by atoms with Crippen molar-refractivity contribution in [3.8, 4) is 5.75 Å². The van der Waals surface area contributed by atoms with Gasteiger partial charge in [-0.05, 0) is 73.9 Å². The molecule has 31 heavy (non-hydrogen) atoms. The Morgan fingerprint density at radius 2 is 1.74 bits per heavy atom. The predicted molar refractivity (Wildman–Crippen MR) is 123 cm³/mol. The number of ether oxygens (including phenoxy) is 1. The smallest absolute Gasteiger partial charge is 0.255 e. The van der Waals surface area contributed by atoms with Crippen molar-refractivity contribution in [3.63, 3.8) is 0 Å². The molecule has 0 saturated heterocycles. The van der Waals surface area contributed by atoms with Crippen LogP contribution in [0.3, 0.4) is 0 Å². The van der Waals surface area contributed by atoms with E-state index in [1.807, 2.05) is 67.3 Å². The van der Waals surface area contributed by atoms with Gasteiger partial charge in [-0.15, -0.1) is 0 Å². The van der Waals surface area contributed by atoms with E-state index < -0.39 is 0 Å². The molecule has 1 aliphatic heterocycles. The molecule has 4 rings (SSSR count). The van der Waals surface area contributed by atoms with Crippen LogP contribution in [0.25, 0.3) is 0 Å². The van der Waals surface area contributed by atoms with Crippen LogP contribution < -0.4 is 15.0 Å². The zero-order valence-corrected chi connectivity index (χ0v) is 17.8. The number of nitrogens with one attached hydrogen (secondary N) is 1. The Bertz CT molecular complexity index is 1080. The summed E-state index contributed by atoms with van der Waals surface area (Å²) in [6.45, 7) is 4.47. The van der Waals surface area contributed by atoms with E-state index >= 15 is 0 Å². The standard InChI is InChI=1S/C26H26N2O3/c1-18(2)31-23-12-8-20(9-13-23)26(30)27-22-11-14-24-21(16-22)10-15-25(29)28(24)17-19-6-4-3-5-7-19/h3-9,11-14,16,18H,10,15,17H2,1-2H3,(H,27,30). The molecule has 0 aromatic heterocycles. The van der Waals surface area contributed by atoms with Crippen LogP contribution in [0, 0.1) is 0 Å². The van der Waals surface area contributed by atoms with Gasteiger partial charge in [0.1, 0.15) is 5.75 Å². The Morgan fingerprint density at radius 1 is 1.00 bits per heavy atom. The van der Waals surface area contributed by atoms with Gasteiger partial charge in [-0.25, -0.2) is 0 Å². The highest BCUT2D eigenvalue weighted by atomic mass is 16.5. The fourth-order valence-electron chi connectivity index (χ4n) is 3.74. The van der Waals surface area contributed by atoms with Gasteiger partial charge in [0.25, 0.3) is 5.91 Å². The lowest BCUT2D eigenvalue weighted by molar-refractivity contribution is -0.119. The van der Waals surface area contributed by atoms with E-state index in [4.69, 9.17) is 4.74 Å². The first-order valence-corrected chi connectivity index (χ1v) is 10.5. The van der Waals surface area contributed by atoms with Gasteiger partial charge in [0.2, 0.25) is 5.91 Å². The molecule has 3 aromatic carbocycles. The first kappa shape index (κ1) is 20.7. The van der Waals surface area contributed by atoms with Gasteiger partial charge < -0.3 is 15.0 Å². The van der Waals surface area contributed by atoms with Crippen LogP contribution in [0.5, 0.6) is 5.75 Å². The highest BCUT2D eigenvalue weighted by molar-refractivity contribution is 6.05. The van der Waals surface area contributed by atoms with E-state index in [0.29, 0.717) is 24.9 Å². The SMILES string of the molecule is CC(C)Oc1ccc(C(=O)Nc2ccc3c(c2)CCC(=O)N3Cc2ccccc2)cc1. The average Bonchev–Trinajstić information content (AvgIpc) is 2.76. The maximum absolute atomic E-state index is 12.7. The van der Waals surface area contributed by atoms with E-state index in [-0.39, 0.29) is 17.9 Å². The Labute approximate surface area is 182 Å². The van der Waals surface area contributed by atoms with E-state index in [9.17, 15) is 9.59 Å². The van der Waals surface area contributed by atoms with Gasteiger partial charge >= 0.3 is 0 Å². The van der Waals surface area contributed by atoms with Crippen LogP contribution in [0.2, 0.25) is 0 Å². The summed E-state index contributed by atoms with van der Waals surface area (Å²) in [7, 11) is 0. The minimum Gasteiger partial charge on any atom is -0.491 e. The van der Waals surface area contributed by atoms with Gasteiger partial charge in [-0.1, -0.05) is 30.3 Å². The number of aryl methyl sites for hydroxylation is 1. The summed E-state index contributed by atoms with van der Waals surface area (Å²) in [6.07, 6.45) is 1.22. The van der Waals surface area contributed by atoms with Crippen LogP contribution in [0.15, 0.2) is 72.8 Å². The van der Waals surface area contributed by atoms with E-state index in [2.05, 4.69) is 5.32 Å². The van der Waals surface area contributed by atoms with Crippen LogP contribution in [-0.4, -0.2) is 17.9 Å². The molecular formula is C26H26N2O3. The summed E-state index contributed by atoms with van der Waals surface area (Å²) in [4.78, 5) is 27.0. The van der Waals surface area contributed by atoms with E-state index in [0.717, 1.165) is 28.3 Å². The number of hydrogen-bond acceptors (Lipinski definition) is 3. The molecule has 0 saturated carbocycles. The van der Waals surface area contributed by atoms with Crippen molar-refractivity contribution in [2.75, 3.05) is 10.2 Å². The molecule has 0 radical (unpaired) electrons. The van der Waals surface area contributed by atoms with E-state index in [1.165, 1.54) is 0 Å².